The predicted octanol–water partition coefficient (Wildman–Crippen LogP) is 3.43. The molecule has 0 radical (unpaired) electrons. The van der Waals surface area contributed by atoms with Crippen LogP contribution in [0.5, 0.6) is 0 Å². The van der Waals surface area contributed by atoms with Gasteiger partial charge < -0.3 is 9.32 Å². The molecule has 0 aliphatic heterocycles. The molecule has 0 spiro atoms. The Morgan fingerprint density at radius 2 is 2.17 bits per heavy atom. The molecule has 3 nitrogen and oxygen atoms in total. The maximum atomic E-state index is 11.2. The van der Waals surface area contributed by atoms with Gasteiger partial charge in [-0.3, -0.25) is 4.79 Å². The normalized spacial score (nSPS) is 10.3. The molecule has 2 rings (SSSR count). The van der Waals surface area contributed by atoms with Crippen molar-refractivity contribution in [1.29, 1.82) is 0 Å². The molecule has 0 N–H and O–H groups in total. The summed E-state index contributed by atoms with van der Waals surface area (Å²) < 4.78 is 5.35. The molecule has 0 fully saturated rings. The van der Waals surface area contributed by atoms with Crippen LogP contribution in [0.4, 0.5) is 5.69 Å². The fourth-order valence-corrected chi connectivity index (χ4v) is 2.01. The Labute approximate surface area is 107 Å². The lowest BCUT2D eigenvalue weighted by molar-refractivity contribution is 0.112. The van der Waals surface area contributed by atoms with E-state index in [0.29, 0.717) is 6.54 Å². The van der Waals surface area contributed by atoms with Crippen LogP contribution in [0, 0.1) is 6.92 Å². The molecule has 18 heavy (non-hydrogen) atoms. The third kappa shape index (κ3) is 2.62. The highest BCUT2D eigenvalue weighted by molar-refractivity contribution is 5.85. The molecule has 0 amide bonds. The van der Waals surface area contributed by atoms with Gasteiger partial charge in [-0.25, -0.2) is 0 Å². The van der Waals surface area contributed by atoms with Gasteiger partial charge in [0.25, 0.3) is 0 Å². The number of carbonyl (C=O) groups is 1. The highest BCUT2D eigenvalue weighted by atomic mass is 16.3. The van der Waals surface area contributed by atoms with Crippen LogP contribution in [0.2, 0.25) is 0 Å². The van der Waals surface area contributed by atoms with Crippen molar-refractivity contribution in [2.45, 2.75) is 20.4 Å². The summed E-state index contributed by atoms with van der Waals surface area (Å²) in [5.74, 6) is 0.897. The van der Waals surface area contributed by atoms with Crippen molar-refractivity contribution in [3.8, 4) is 0 Å². The highest BCUT2D eigenvalue weighted by Crippen LogP contribution is 2.22. The van der Waals surface area contributed by atoms with Crippen LogP contribution >= 0.6 is 0 Å². The van der Waals surface area contributed by atoms with Crippen LogP contribution in [-0.2, 0) is 6.54 Å². The van der Waals surface area contributed by atoms with E-state index in [2.05, 4.69) is 11.8 Å². The van der Waals surface area contributed by atoms with Gasteiger partial charge in [0.1, 0.15) is 5.76 Å². The Balaban J connectivity index is 2.29. The van der Waals surface area contributed by atoms with Gasteiger partial charge in [0.05, 0.1) is 12.8 Å². The van der Waals surface area contributed by atoms with E-state index in [4.69, 9.17) is 4.42 Å². The lowest BCUT2D eigenvalue weighted by Gasteiger charge is -2.23. The summed E-state index contributed by atoms with van der Waals surface area (Å²) in [6.45, 7) is 5.55. The van der Waals surface area contributed by atoms with E-state index in [1.165, 1.54) is 0 Å². The molecule has 1 aromatic carbocycles. The fourth-order valence-electron chi connectivity index (χ4n) is 2.01. The zero-order valence-corrected chi connectivity index (χ0v) is 10.7. The molecule has 0 atom stereocenters. The molecule has 1 aromatic heterocycles. The van der Waals surface area contributed by atoms with Gasteiger partial charge in [-0.05, 0) is 38.1 Å². The molecule has 94 valence electrons. The van der Waals surface area contributed by atoms with Crippen molar-refractivity contribution in [2.75, 3.05) is 11.4 Å². The highest BCUT2D eigenvalue weighted by Gasteiger charge is 2.11. The molecule has 0 saturated heterocycles. The minimum absolute atomic E-state index is 0.674. The summed E-state index contributed by atoms with van der Waals surface area (Å²) in [5, 5.41) is 0. The van der Waals surface area contributed by atoms with Crippen LogP contribution in [0.25, 0.3) is 0 Å². The number of aryl methyl sites for hydroxylation is 1. The zero-order chi connectivity index (χ0) is 13.0. The molecule has 0 bridgehead atoms. The molecule has 0 aliphatic rings. The van der Waals surface area contributed by atoms with E-state index in [1.54, 1.807) is 6.26 Å². The van der Waals surface area contributed by atoms with Crippen molar-refractivity contribution in [3.05, 3.63) is 53.5 Å². The smallest absolute Gasteiger partial charge is 0.152 e. The summed E-state index contributed by atoms with van der Waals surface area (Å²) in [6, 6.07) is 9.74. The minimum atomic E-state index is 0.674. The number of anilines is 1. The first-order chi connectivity index (χ1) is 8.74. The Kier molecular flexibility index (Phi) is 3.82. The number of hydrogen-bond donors (Lipinski definition) is 0. The average molecular weight is 243 g/mol. The van der Waals surface area contributed by atoms with Gasteiger partial charge in [-0.1, -0.05) is 11.6 Å². The van der Waals surface area contributed by atoms with Gasteiger partial charge in [-0.2, -0.15) is 0 Å². The maximum absolute atomic E-state index is 11.2. The van der Waals surface area contributed by atoms with E-state index in [9.17, 15) is 4.79 Å². The molecule has 1 heterocycles. The monoisotopic (exact) mass is 243 g/mol. The Bertz CT molecular complexity index is 517. The standard InChI is InChI=1S/C15H17NO2/c1-3-16(10-14-5-4-8-18-14)15-7-6-12(2)9-13(15)11-17/h4-9,11H,3,10H2,1-2H3. The van der Waals surface area contributed by atoms with Gasteiger partial charge in [0.15, 0.2) is 6.29 Å². The largest absolute Gasteiger partial charge is 0.467 e. The number of nitrogens with zero attached hydrogens (tertiary/aromatic N) is 1. The summed E-state index contributed by atoms with van der Waals surface area (Å²) >= 11 is 0. The predicted molar refractivity (Wildman–Crippen MR) is 72.0 cm³/mol. The summed E-state index contributed by atoms with van der Waals surface area (Å²) in [5.41, 5.74) is 2.77. The quantitative estimate of drug-likeness (QED) is 0.754. The van der Waals surface area contributed by atoms with Crippen molar-refractivity contribution >= 4 is 12.0 Å². The lowest BCUT2D eigenvalue weighted by Crippen LogP contribution is -2.23. The minimum Gasteiger partial charge on any atom is -0.467 e. The first kappa shape index (κ1) is 12.4. The molecule has 0 unspecified atom stereocenters. The number of furan rings is 1. The van der Waals surface area contributed by atoms with Crippen LogP contribution in [0.3, 0.4) is 0 Å². The third-order valence-corrected chi connectivity index (χ3v) is 2.96. The number of hydrogen-bond acceptors (Lipinski definition) is 3. The zero-order valence-electron chi connectivity index (χ0n) is 10.7. The molecule has 0 saturated carbocycles. The maximum Gasteiger partial charge on any atom is 0.152 e. The second kappa shape index (κ2) is 5.54. The van der Waals surface area contributed by atoms with Crippen molar-refractivity contribution in [1.82, 2.24) is 0 Å². The first-order valence-electron chi connectivity index (χ1n) is 6.07. The van der Waals surface area contributed by atoms with Gasteiger partial charge in [0.2, 0.25) is 0 Å². The van der Waals surface area contributed by atoms with E-state index in [1.807, 2.05) is 37.3 Å². The summed E-state index contributed by atoms with van der Waals surface area (Å²) in [7, 11) is 0. The molecule has 2 aromatic rings. The molecular weight excluding hydrogens is 226 g/mol. The topological polar surface area (TPSA) is 33.5 Å². The second-order valence-electron chi connectivity index (χ2n) is 4.27. The molecule has 3 heteroatoms. The van der Waals surface area contributed by atoms with E-state index in [-0.39, 0.29) is 0 Å². The fraction of sp³-hybridized carbons (Fsp3) is 0.267. The van der Waals surface area contributed by atoms with Gasteiger partial charge in [0, 0.05) is 17.8 Å². The van der Waals surface area contributed by atoms with Crippen LogP contribution in [-0.4, -0.2) is 12.8 Å². The number of rotatable bonds is 5. The molecular formula is C15H17NO2. The van der Waals surface area contributed by atoms with Crippen LogP contribution < -0.4 is 4.90 Å². The summed E-state index contributed by atoms with van der Waals surface area (Å²) in [4.78, 5) is 13.3. The van der Waals surface area contributed by atoms with Gasteiger partial charge >= 0.3 is 0 Å². The Morgan fingerprint density at radius 3 is 2.78 bits per heavy atom. The van der Waals surface area contributed by atoms with E-state index >= 15 is 0 Å². The van der Waals surface area contributed by atoms with Crippen molar-refractivity contribution in [3.63, 3.8) is 0 Å². The SMILES string of the molecule is CCN(Cc1ccco1)c1ccc(C)cc1C=O. The number of carbonyl (C=O) groups excluding carboxylic acids is 1. The van der Waals surface area contributed by atoms with Crippen molar-refractivity contribution in [2.24, 2.45) is 0 Å². The lowest BCUT2D eigenvalue weighted by atomic mass is 10.1. The van der Waals surface area contributed by atoms with Crippen molar-refractivity contribution < 1.29 is 9.21 Å². The molecule has 0 aliphatic carbocycles. The van der Waals surface area contributed by atoms with E-state index < -0.39 is 0 Å². The Morgan fingerprint density at radius 1 is 1.33 bits per heavy atom. The average Bonchev–Trinajstić information content (AvgIpc) is 2.89. The van der Waals surface area contributed by atoms with Gasteiger partial charge in [-0.15, -0.1) is 0 Å². The van der Waals surface area contributed by atoms with Crippen LogP contribution in [0.1, 0.15) is 28.6 Å². The number of aldehydes is 1. The number of benzene rings is 1. The summed E-state index contributed by atoms with van der Waals surface area (Å²) in [6.07, 6.45) is 2.58. The van der Waals surface area contributed by atoms with E-state index in [0.717, 1.165) is 35.4 Å². The first-order valence-corrected chi connectivity index (χ1v) is 6.07. The second-order valence-corrected chi connectivity index (χ2v) is 4.27. The Hall–Kier alpha value is -2.03. The van der Waals surface area contributed by atoms with Crippen LogP contribution in [0.15, 0.2) is 41.0 Å². The third-order valence-electron chi connectivity index (χ3n) is 2.96.